The van der Waals surface area contributed by atoms with Crippen molar-refractivity contribution < 1.29 is 8.42 Å². The first-order valence-corrected chi connectivity index (χ1v) is 9.29. The van der Waals surface area contributed by atoms with Crippen LogP contribution in [0.25, 0.3) is 0 Å². The molecule has 1 aliphatic rings. The Hall–Kier alpha value is -0.170. The molecule has 0 aromatic carbocycles. The predicted molar refractivity (Wildman–Crippen MR) is 84.4 cm³/mol. The van der Waals surface area contributed by atoms with E-state index >= 15 is 0 Å². The summed E-state index contributed by atoms with van der Waals surface area (Å²) in [6, 6.07) is 0.694. The normalized spacial score (nSPS) is 22.9. The largest absolute Gasteiger partial charge is 0.313 e. The summed E-state index contributed by atoms with van der Waals surface area (Å²) in [5, 5.41) is 2.85. The maximum Gasteiger partial charge on any atom is 0.218 e. The van der Waals surface area contributed by atoms with E-state index in [9.17, 15) is 8.42 Å². The summed E-state index contributed by atoms with van der Waals surface area (Å²) in [5.41, 5.74) is 0. The molecule has 0 aromatic rings. The molecule has 1 saturated heterocycles. The highest BCUT2D eigenvalue weighted by Crippen LogP contribution is 2.21. The van der Waals surface area contributed by atoms with Crippen LogP contribution in [0.2, 0.25) is 0 Å². The van der Waals surface area contributed by atoms with Gasteiger partial charge in [-0.25, -0.2) is 12.7 Å². The molecule has 0 aliphatic carbocycles. The van der Waals surface area contributed by atoms with Gasteiger partial charge >= 0.3 is 0 Å². The van der Waals surface area contributed by atoms with Crippen LogP contribution in [0, 0.1) is 0 Å². The van der Waals surface area contributed by atoms with Crippen molar-refractivity contribution in [2.24, 2.45) is 0 Å². The third-order valence-electron chi connectivity index (χ3n) is 4.14. The molecule has 0 amide bonds. The number of nitrogens with zero attached hydrogens (tertiary/aromatic N) is 2. The summed E-state index contributed by atoms with van der Waals surface area (Å²) in [6.45, 7) is 13.9. The van der Waals surface area contributed by atoms with Crippen LogP contribution < -0.4 is 5.32 Å². The molecule has 0 aromatic heterocycles. The Labute approximate surface area is 124 Å². The van der Waals surface area contributed by atoms with Crippen LogP contribution in [0.1, 0.15) is 41.0 Å². The van der Waals surface area contributed by atoms with E-state index in [4.69, 9.17) is 0 Å². The van der Waals surface area contributed by atoms with E-state index in [1.165, 1.54) is 0 Å². The molecule has 1 N–H and O–H groups in total. The minimum atomic E-state index is -3.17. The van der Waals surface area contributed by atoms with Crippen molar-refractivity contribution >= 4 is 10.0 Å². The number of hydrogen-bond donors (Lipinski definition) is 1. The number of hydrogen-bond acceptors (Lipinski definition) is 4. The van der Waals surface area contributed by atoms with E-state index in [0.29, 0.717) is 31.7 Å². The molecule has 6 heteroatoms. The molecule has 1 heterocycles. The summed E-state index contributed by atoms with van der Waals surface area (Å²) >= 11 is 0. The summed E-state index contributed by atoms with van der Waals surface area (Å²) < 4.78 is 26.8. The van der Waals surface area contributed by atoms with Gasteiger partial charge in [-0.3, -0.25) is 4.90 Å². The molecular formula is C14H31N3O2S. The maximum absolute atomic E-state index is 12.6. The molecule has 0 saturated carbocycles. The van der Waals surface area contributed by atoms with Gasteiger partial charge in [0.05, 0.1) is 5.25 Å². The molecule has 1 fully saturated rings. The zero-order valence-corrected chi connectivity index (χ0v) is 14.4. The molecule has 120 valence electrons. The molecule has 20 heavy (non-hydrogen) atoms. The second-order valence-electron chi connectivity index (χ2n) is 5.94. The van der Waals surface area contributed by atoms with Gasteiger partial charge in [0, 0.05) is 31.7 Å². The Bertz CT molecular complexity index is 380. The van der Waals surface area contributed by atoms with Gasteiger partial charge in [0.1, 0.15) is 0 Å². The van der Waals surface area contributed by atoms with Crippen LogP contribution in [0.15, 0.2) is 0 Å². The smallest absolute Gasteiger partial charge is 0.218 e. The fraction of sp³-hybridized carbons (Fsp3) is 1.00. The first kappa shape index (κ1) is 17.9. The fourth-order valence-electron chi connectivity index (χ4n) is 2.74. The summed E-state index contributed by atoms with van der Waals surface area (Å²) in [6.07, 6.45) is 0.950. The molecule has 2 atom stereocenters. The van der Waals surface area contributed by atoms with Crippen LogP contribution in [-0.2, 0) is 10.0 Å². The molecule has 2 unspecified atom stereocenters. The number of likely N-dealkylation sites (N-methyl/N-ethyl adjacent to an activating group) is 1. The van der Waals surface area contributed by atoms with Gasteiger partial charge in [-0.15, -0.1) is 0 Å². The standard InChI is InChI=1S/C14H31N3O2S/c1-6-16(7-2)14-8-9-17(11-14)20(18,19)13(5)10-15-12(3)4/h12-15H,6-11H2,1-5H3. The van der Waals surface area contributed by atoms with Crippen LogP contribution in [-0.4, -0.2) is 67.7 Å². The summed E-state index contributed by atoms with van der Waals surface area (Å²) in [5.74, 6) is 0. The molecular weight excluding hydrogens is 274 g/mol. The minimum Gasteiger partial charge on any atom is -0.313 e. The highest BCUT2D eigenvalue weighted by Gasteiger charge is 2.36. The van der Waals surface area contributed by atoms with E-state index in [-0.39, 0.29) is 5.25 Å². The molecule has 5 nitrogen and oxygen atoms in total. The SMILES string of the molecule is CCN(CC)C1CCN(S(=O)(=O)C(C)CNC(C)C)C1. The zero-order valence-electron chi connectivity index (χ0n) is 13.6. The van der Waals surface area contributed by atoms with E-state index < -0.39 is 10.0 Å². The van der Waals surface area contributed by atoms with E-state index in [1.807, 2.05) is 13.8 Å². The summed E-state index contributed by atoms with van der Waals surface area (Å²) in [7, 11) is -3.17. The Balaban J connectivity index is 2.61. The van der Waals surface area contributed by atoms with E-state index in [2.05, 4.69) is 24.1 Å². The predicted octanol–water partition coefficient (Wildman–Crippen LogP) is 1.12. The minimum absolute atomic E-state index is 0.314. The van der Waals surface area contributed by atoms with Crippen molar-refractivity contribution in [1.82, 2.24) is 14.5 Å². The van der Waals surface area contributed by atoms with Crippen LogP contribution in [0.5, 0.6) is 0 Å². The van der Waals surface area contributed by atoms with E-state index in [0.717, 1.165) is 19.5 Å². The van der Waals surface area contributed by atoms with Crippen molar-refractivity contribution in [3.8, 4) is 0 Å². The summed E-state index contributed by atoms with van der Waals surface area (Å²) in [4.78, 5) is 2.35. The van der Waals surface area contributed by atoms with Crippen LogP contribution >= 0.6 is 0 Å². The highest BCUT2D eigenvalue weighted by molar-refractivity contribution is 7.89. The average molecular weight is 305 g/mol. The fourth-order valence-corrected chi connectivity index (χ4v) is 4.30. The van der Waals surface area contributed by atoms with Crippen molar-refractivity contribution in [2.45, 2.75) is 58.4 Å². The van der Waals surface area contributed by atoms with E-state index in [1.54, 1.807) is 11.2 Å². The molecule has 0 bridgehead atoms. The van der Waals surface area contributed by atoms with Gasteiger partial charge in [-0.1, -0.05) is 27.7 Å². The molecule has 0 radical (unpaired) electrons. The lowest BCUT2D eigenvalue weighted by molar-refractivity contribution is 0.224. The Morgan fingerprint density at radius 3 is 2.35 bits per heavy atom. The lowest BCUT2D eigenvalue weighted by atomic mass is 10.2. The van der Waals surface area contributed by atoms with Crippen LogP contribution in [0.3, 0.4) is 0 Å². The maximum atomic E-state index is 12.6. The van der Waals surface area contributed by atoms with Gasteiger partial charge in [0.2, 0.25) is 10.0 Å². The van der Waals surface area contributed by atoms with Gasteiger partial charge in [0.25, 0.3) is 0 Å². The Morgan fingerprint density at radius 1 is 1.25 bits per heavy atom. The zero-order chi connectivity index (χ0) is 15.3. The topological polar surface area (TPSA) is 52.7 Å². The number of nitrogens with one attached hydrogen (secondary N) is 1. The first-order valence-electron chi connectivity index (χ1n) is 7.79. The van der Waals surface area contributed by atoms with Crippen LogP contribution in [0.4, 0.5) is 0 Å². The van der Waals surface area contributed by atoms with Gasteiger partial charge in [0.15, 0.2) is 0 Å². The molecule has 0 spiro atoms. The van der Waals surface area contributed by atoms with Crippen molar-refractivity contribution in [2.75, 3.05) is 32.7 Å². The van der Waals surface area contributed by atoms with Gasteiger partial charge in [-0.05, 0) is 26.4 Å². The Morgan fingerprint density at radius 2 is 1.85 bits per heavy atom. The highest BCUT2D eigenvalue weighted by atomic mass is 32.2. The second-order valence-corrected chi connectivity index (χ2v) is 8.29. The second kappa shape index (κ2) is 7.73. The van der Waals surface area contributed by atoms with Gasteiger partial charge < -0.3 is 5.32 Å². The average Bonchev–Trinajstić information content (AvgIpc) is 2.87. The third-order valence-corrected chi connectivity index (χ3v) is 6.37. The number of sulfonamides is 1. The lowest BCUT2D eigenvalue weighted by Gasteiger charge is -2.27. The molecule has 1 aliphatic heterocycles. The first-order chi connectivity index (χ1) is 9.32. The number of rotatable bonds is 8. The Kier molecular flexibility index (Phi) is 6.91. The molecule has 1 rings (SSSR count). The van der Waals surface area contributed by atoms with Gasteiger partial charge in [-0.2, -0.15) is 0 Å². The van der Waals surface area contributed by atoms with Crippen molar-refractivity contribution in [1.29, 1.82) is 0 Å². The lowest BCUT2D eigenvalue weighted by Crippen LogP contribution is -2.44. The quantitative estimate of drug-likeness (QED) is 0.730. The van der Waals surface area contributed by atoms with Crippen molar-refractivity contribution in [3.63, 3.8) is 0 Å². The monoisotopic (exact) mass is 305 g/mol. The third kappa shape index (κ3) is 4.41. The van der Waals surface area contributed by atoms with Crippen molar-refractivity contribution in [3.05, 3.63) is 0 Å².